The predicted octanol–water partition coefficient (Wildman–Crippen LogP) is 5.56. The van der Waals surface area contributed by atoms with Crippen LogP contribution in [-0.2, 0) is 48.5 Å². The van der Waals surface area contributed by atoms with Crippen LogP contribution in [0.25, 0.3) is 33.4 Å². The number of aromatic nitrogens is 3. The molecule has 3 aromatic heterocycles. The molecule has 3 aliphatic rings. The van der Waals surface area contributed by atoms with Crippen LogP contribution in [0.15, 0.2) is 54.6 Å². The lowest BCUT2D eigenvalue weighted by Gasteiger charge is -2.45. The van der Waals surface area contributed by atoms with Gasteiger partial charge in [0.2, 0.25) is 11.8 Å². The number of hydrogen-bond acceptors (Lipinski definition) is 11. The van der Waals surface area contributed by atoms with Gasteiger partial charge in [-0.25, -0.2) is 15.2 Å². The summed E-state index contributed by atoms with van der Waals surface area (Å²) in [4.78, 5) is 83.0. The van der Waals surface area contributed by atoms with Crippen molar-refractivity contribution in [2.24, 2.45) is 18.4 Å². The second-order valence-electron chi connectivity index (χ2n) is 19.3. The summed E-state index contributed by atoms with van der Waals surface area (Å²) in [5, 5.41) is 8.12. The Hall–Kier alpha value is -5.49. The molecule has 0 saturated carbocycles. The van der Waals surface area contributed by atoms with E-state index in [9.17, 15) is 24.0 Å². The van der Waals surface area contributed by atoms with Crippen LogP contribution in [0.3, 0.4) is 0 Å². The van der Waals surface area contributed by atoms with Crippen molar-refractivity contribution in [1.82, 2.24) is 45.0 Å². The van der Waals surface area contributed by atoms with E-state index in [1.165, 1.54) is 32.2 Å². The van der Waals surface area contributed by atoms with E-state index in [-0.39, 0.29) is 43.0 Å². The van der Waals surface area contributed by atoms with Crippen LogP contribution >= 0.6 is 11.3 Å². The van der Waals surface area contributed by atoms with E-state index in [0.29, 0.717) is 50.5 Å². The van der Waals surface area contributed by atoms with Gasteiger partial charge in [0.05, 0.1) is 47.4 Å². The van der Waals surface area contributed by atoms with E-state index in [0.717, 1.165) is 57.4 Å². The minimum absolute atomic E-state index is 0.0264. The first-order valence-electron chi connectivity index (χ1n) is 22.8. The molecule has 3 aliphatic heterocycles. The van der Waals surface area contributed by atoms with Crippen molar-refractivity contribution in [2.45, 2.75) is 96.5 Å². The number of likely N-dealkylation sites (tertiary alicyclic amines) is 1. The molecule has 0 spiro atoms. The van der Waals surface area contributed by atoms with Gasteiger partial charge in [0.1, 0.15) is 23.9 Å². The number of benzene rings is 1. The zero-order valence-corrected chi connectivity index (χ0v) is 40.6. The Kier molecular flexibility index (Phi) is 14.5. The first-order chi connectivity index (χ1) is 31.4. The third kappa shape index (κ3) is 9.80. The molecule has 5 amide bonds. The fourth-order valence-electron chi connectivity index (χ4n) is 9.67. The highest BCUT2D eigenvalue weighted by Gasteiger charge is 2.43. The number of methoxy groups -OCH3 is 1. The van der Waals surface area contributed by atoms with Gasteiger partial charge in [0, 0.05) is 87.9 Å². The number of hydrogen-bond donors (Lipinski definition) is 2. The summed E-state index contributed by atoms with van der Waals surface area (Å²) in [5.41, 5.74) is 8.27. The summed E-state index contributed by atoms with van der Waals surface area (Å²) in [7, 11) is 7.02. The number of nitrogens with zero attached hydrogens (tertiary/aromatic N) is 7. The quantitative estimate of drug-likeness (QED) is 0.144. The zero-order valence-electron chi connectivity index (χ0n) is 39.8. The lowest BCUT2D eigenvalue weighted by molar-refractivity contribution is -0.147. The Balaban J connectivity index is 1.25. The topological polar surface area (TPSA) is 172 Å². The first-order valence-corrected chi connectivity index (χ1v) is 23.7. The van der Waals surface area contributed by atoms with Crippen LogP contribution in [0.5, 0.6) is 0 Å². The molecule has 2 fully saturated rings. The van der Waals surface area contributed by atoms with Gasteiger partial charge in [-0.3, -0.25) is 24.4 Å². The average Bonchev–Trinajstić information content (AvgIpc) is 3.87. The minimum Gasteiger partial charge on any atom is -0.378 e. The summed E-state index contributed by atoms with van der Waals surface area (Å²) in [5.74, 6) is -1.49. The fraction of sp³-hybridized carbons (Fsp3) is 0.531. The summed E-state index contributed by atoms with van der Waals surface area (Å²) in [6.07, 6.45) is 6.00. The van der Waals surface area contributed by atoms with Crippen LogP contribution in [-0.4, -0.2) is 142 Å². The van der Waals surface area contributed by atoms with Crippen molar-refractivity contribution in [3.05, 3.63) is 70.8 Å². The van der Waals surface area contributed by atoms with E-state index in [1.807, 2.05) is 32.2 Å². The molecule has 5 atom stereocenters. The molecule has 0 radical (unpaired) electrons. The highest BCUT2D eigenvalue weighted by molar-refractivity contribution is 7.10. The van der Waals surface area contributed by atoms with Crippen molar-refractivity contribution < 1.29 is 33.4 Å². The van der Waals surface area contributed by atoms with Gasteiger partial charge < -0.3 is 38.9 Å². The van der Waals surface area contributed by atoms with Gasteiger partial charge in [0.15, 0.2) is 0 Å². The molecule has 2 N–H and O–H groups in total. The molecule has 4 aromatic rings. The Morgan fingerprint density at radius 3 is 2.61 bits per heavy atom. The van der Waals surface area contributed by atoms with E-state index >= 15 is 0 Å². The molecule has 6 heterocycles. The number of urea groups is 1. The van der Waals surface area contributed by atoms with Crippen LogP contribution < -0.4 is 10.7 Å². The monoisotopic (exact) mass is 923 g/mol. The van der Waals surface area contributed by atoms with E-state index in [4.69, 9.17) is 19.4 Å². The number of fused-ring (bicyclic) bond motifs is 6. The molecule has 7 rings (SSSR count). The number of nitrogens with one attached hydrogen (secondary N) is 2. The molecular formula is C49H65N9O7S. The number of carbonyl (C=O) groups excluding carboxylic acids is 5. The minimum atomic E-state index is -1.19. The lowest BCUT2D eigenvalue weighted by atomic mass is 9.84. The number of amides is 5. The van der Waals surface area contributed by atoms with Gasteiger partial charge >= 0.3 is 6.03 Å². The van der Waals surface area contributed by atoms with Gasteiger partial charge in [-0.15, -0.1) is 11.3 Å². The molecule has 0 aliphatic carbocycles. The maximum Gasteiger partial charge on any atom is 0.320 e. The van der Waals surface area contributed by atoms with E-state index in [1.54, 1.807) is 32.3 Å². The highest BCUT2D eigenvalue weighted by atomic mass is 32.1. The van der Waals surface area contributed by atoms with E-state index < -0.39 is 34.9 Å². The van der Waals surface area contributed by atoms with E-state index in [2.05, 4.69) is 67.0 Å². The van der Waals surface area contributed by atoms with Crippen molar-refractivity contribution in [3.8, 4) is 22.5 Å². The summed E-state index contributed by atoms with van der Waals surface area (Å²) >= 11 is 1.40. The maximum atomic E-state index is 14.8. The molecule has 354 valence electrons. The smallest absolute Gasteiger partial charge is 0.320 e. The Morgan fingerprint density at radius 2 is 1.92 bits per heavy atom. The standard InChI is InChI=1S/C49H65N9O7S/c1-11-41(60)54(7)25-33-17-21-57(33)47(63)56(9)43(30(2)3)45(61)52-37-23-40-51-38(26-66-40)32-15-16-39-35(22-32)36(44(55(39)8)34-14-12-19-50-42(34)31(4)64-10)24-48(5,6)28-65-29-49(27-59)18-13-20-58(53-49)46(37)62/h11-12,14-16,19,22,26-27,30-31,33,37,43,53H,1,13,17-18,20-21,23-25,28-29H2,2-10H3,(H,52,61)/t31-,33-,37-,43-,49?/m0/s1. The number of aldehydes is 1. The van der Waals surface area contributed by atoms with Gasteiger partial charge in [-0.1, -0.05) is 40.3 Å². The molecule has 1 aromatic carbocycles. The van der Waals surface area contributed by atoms with Gasteiger partial charge in [-0.2, -0.15) is 0 Å². The third-order valence-electron chi connectivity index (χ3n) is 13.4. The average molecular weight is 924 g/mol. The SMILES string of the molecule is C=CC(=O)N(C)C[C@@H]1CCN1C(=O)N(C)[C@H](C(=O)N[C@H]1Cc2nc(cs2)-c2ccc3c(c2)c(c(-c2cccnc2[C@H](C)OC)n3C)CC(C)(C)COCC2(C=O)CCCN(N2)C1=O)C(C)C. The maximum absolute atomic E-state index is 14.8. The molecule has 16 nitrogen and oxygen atoms in total. The van der Waals surface area contributed by atoms with Crippen LogP contribution in [0, 0.1) is 11.3 Å². The fourth-order valence-corrected chi connectivity index (χ4v) is 10.5. The van der Waals surface area contributed by atoms with Crippen LogP contribution in [0.4, 0.5) is 4.79 Å². The van der Waals surface area contributed by atoms with Crippen molar-refractivity contribution in [3.63, 3.8) is 0 Å². The molecule has 6 bridgehead atoms. The van der Waals surface area contributed by atoms with Crippen molar-refractivity contribution in [2.75, 3.05) is 54.1 Å². The molecule has 17 heteroatoms. The normalized spacial score (nSPS) is 21.9. The van der Waals surface area contributed by atoms with Gasteiger partial charge in [0.25, 0.3) is 5.91 Å². The number of thiazole rings is 1. The zero-order chi connectivity index (χ0) is 47.7. The van der Waals surface area contributed by atoms with Crippen molar-refractivity contribution in [1.29, 1.82) is 0 Å². The molecular weight excluding hydrogens is 859 g/mol. The largest absolute Gasteiger partial charge is 0.378 e. The number of likely N-dealkylation sites (N-methyl/N-ethyl adjacent to an activating group) is 2. The Labute approximate surface area is 391 Å². The summed E-state index contributed by atoms with van der Waals surface area (Å²) in [6, 6.07) is 7.80. The second kappa shape index (κ2) is 19.8. The third-order valence-corrected chi connectivity index (χ3v) is 14.3. The summed E-state index contributed by atoms with van der Waals surface area (Å²) < 4.78 is 14.5. The van der Waals surface area contributed by atoms with Crippen LogP contribution in [0.1, 0.15) is 76.3 Å². The highest BCUT2D eigenvalue weighted by Crippen LogP contribution is 2.41. The number of ether oxygens (including phenoxy) is 2. The predicted molar refractivity (Wildman–Crippen MR) is 254 cm³/mol. The summed E-state index contributed by atoms with van der Waals surface area (Å²) in [6.45, 7) is 15.1. The number of pyridine rings is 1. The first kappa shape index (κ1) is 48.4. The van der Waals surface area contributed by atoms with Crippen LogP contribution in [0.2, 0.25) is 0 Å². The molecule has 1 unspecified atom stereocenters. The number of rotatable bonds is 11. The Morgan fingerprint density at radius 1 is 1.15 bits per heavy atom. The second-order valence-corrected chi connectivity index (χ2v) is 20.2. The lowest BCUT2D eigenvalue weighted by Crippen LogP contribution is -2.67. The number of aryl methyl sites for hydroxylation is 1. The molecule has 2 saturated heterocycles. The van der Waals surface area contributed by atoms with Crippen molar-refractivity contribution >= 4 is 52.3 Å². The number of carbonyl (C=O) groups is 5. The Bertz CT molecular complexity index is 2480. The van der Waals surface area contributed by atoms with Gasteiger partial charge in [-0.05, 0) is 79.8 Å². The number of hydrazine groups is 1. The molecule has 66 heavy (non-hydrogen) atoms.